The molecule has 0 saturated carbocycles. The van der Waals surface area contributed by atoms with Gasteiger partial charge in [0.15, 0.2) is 12.2 Å². The van der Waals surface area contributed by atoms with Gasteiger partial charge < -0.3 is 33.8 Å². The zero-order chi connectivity index (χ0) is 73.2. The molecule has 580 valence electrons. The monoisotopic (exact) mass is 1450 g/mol. The number of ether oxygens (including phenoxy) is 4. The van der Waals surface area contributed by atoms with E-state index in [1.54, 1.807) is 0 Å². The van der Waals surface area contributed by atoms with Crippen LogP contribution < -0.4 is 0 Å². The van der Waals surface area contributed by atoms with E-state index in [-0.39, 0.29) is 25.7 Å². The molecule has 0 aliphatic carbocycles. The van der Waals surface area contributed by atoms with E-state index in [9.17, 15) is 43.2 Å². The fraction of sp³-hybridized carbons (Fsp3) is 0.778. The number of carbonyl (C=O) groups is 4. The van der Waals surface area contributed by atoms with E-state index in [2.05, 4.69) is 94.5 Å². The Hall–Kier alpha value is -3.76. The zero-order valence-corrected chi connectivity index (χ0v) is 65.2. The molecule has 17 nitrogen and oxygen atoms in total. The number of rotatable bonds is 75. The Labute approximate surface area is 608 Å². The topological polar surface area (TPSA) is 237 Å². The normalized spacial score (nSPS) is 14.3. The molecule has 100 heavy (non-hydrogen) atoms. The number of esters is 4. The van der Waals surface area contributed by atoms with Crippen molar-refractivity contribution in [3.63, 3.8) is 0 Å². The Bertz CT molecular complexity index is 2230. The highest BCUT2D eigenvalue weighted by Crippen LogP contribution is 2.45. The first-order valence-corrected chi connectivity index (χ1v) is 42.8. The van der Waals surface area contributed by atoms with E-state index in [0.29, 0.717) is 32.1 Å². The van der Waals surface area contributed by atoms with Crippen LogP contribution in [0.15, 0.2) is 85.1 Å². The first-order valence-electron chi connectivity index (χ1n) is 39.8. The summed E-state index contributed by atoms with van der Waals surface area (Å²) < 4.78 is 68.5. The number of aliphatic hydroxyl groups excluding tert-OH is 1. The van der Waals surface area contributed by atoms with E-state index in [0.717, 1.165) is 109 Å². The van der Waals surface area contributed by atoms with Gasteiger partial charge in [-0.1, -0.05) is 312 Å². The van der Waals surface area contributed by atoms with Crippen LogP contribution in [0.25, 0.3) is 0 Å². The third-order valence-corrected chi connectivity index (χ3v) is 18.8. The van der Waals surface area contributed by atoms with Gasteiger partial charge in [0.1, 0.15) is 19.3 Å². The highest BCUT2D eigenvalue weighted by molar-refractivity contribution is 7.47. The fourth-order valence-electron chi connectivity index (χ4n) is 10.8. The Morgan fingerprint density at radius 2 is 0.510 bits per heavy atom. The summed E-state index contributed by atoms with van der Waals surface area (Å²) in [5, 5.41) is 10.6. The van der Waals surface area contributed by atoms with Gasteiger partial charge in [-0.3, -0.25) is 37.3 Å². The minimum Gasteiger partial charge on any atom is -0.462 e. The van der Waals surface area contributed by atoms with Crippen LogP contribution in [0.5, 0.6) is 0 Å². The smallest absolute Gasteiger partial charge is 0.462 e. The van der Waals surface area contributed by atoms with Gasteiger partial charge in [-0.05, 0) is 96.3 Å². The average molecular weight is 1450 g/mol. The molecule has 0 fully saturated rings. The molecule has 0 aliphatic heterocycles. The molecular formula is C81H144O17P2. The van der Waals surface area contributed by atoms with Crippen molar-refractivity contribution < 1.29 is 80.2 Å². The average Bonchev–Trinajstić information content (AvgIpc) is 1.01. The van der Waals surface area contributed by atoms with E-state index < -0.39 is 97.5 Å². The predicted molar refractivity (Wildman–Crippen MR) is 409 cm³/mol. The predicted octanol–water partition coefficient (Wildman–Crippen LogP) is 23.0. The van der Waals surface area contributed by atoms with Crippen molar-refractivity contribution in [2.45, 2.75) is 367 Å². The van der Waals surface area contributed by atoms with Gasteiger partial charge in [0.2, 0.25) is 0 Å². The number of allylic oxidation sites excluding steroid dienone is 14. The van der Waals surface area contributed by atoms with E-state index >= 15 is 0 Å². The molecule has 0 heterocycles. The second-order valence-corrected chi connectivity index (χ2v) is 29.6. The minimum atomic E-state index is -4.99. The van der Waals surface area contributed by atoms with Crippen molar-refractivity contribution >= 4 is 39.5 Å². The lowest BCUT2D eigenvalue weighted by atomic mass is 10.0. The summed E-state index contributed by atoms with van der Waals surface area (Å²) >= 11 is 0. The lowest BCUT2D eigenvalue weighted by molar-refractivity contribution is -0.161. The van der Waals surface area contributed by atoms with Crippen LogP contribution >= 0.6 is 15.6 Å². The molecule has 19 heteroatoms. The molecule has 0 aliphatic rings. The Morgan fingerprint density at radius 3 is 0.830 bits per heavy atom. The van der Waals surface area contributed by atoms with Gasteiger partial charge in [-0.15, -0.1) is 0 Å². The van der Waals surface area contributed by atoms with Crippen LogP contribution in [-0.2, 0) is 65.4 Å². The number of phosphoric ester groups is 2. The van der Waals surface area contributed by atoms with Gasteiger partial charge in [0.05, 0.1) is 26.4 Å². The summed E-state index contributed by atoms with van der Waals surface area (Å²) in [5.74, 6) is -2.26. The van der Waals surface area contributed by atoms with Crippen LogP contribution in [0.2, 0.25) is 0 Å². The zero-order valence-electron chi connectivity index (χ0n) is 63.4. The van der Waals surface area contributed by atoms with Crippen LogP contribution in [0.3, 0.4) is 0 Å². The first-order chi connectivity index (χ1) is 48.7. The van der Waals surface area contributed by atoms with Crippen LogP contribution in [0, 0.1) is 0 Å². The molecule has 0 amide bonds. The highest BCUT2D eigenvalue weighted by Gasteiger charge is 2.30. The maximum atomic E-state index is 13.1. The number of aliphatic hydroxyl groups is 1. The largest absolute Gasteiger partial charge is 0.472 e. The van der Waals surface area contributed by atoms with E-state index in [4.69, 9.17) is 37.0 Å². The van der Waals surface area contributed by atoms with E-state index in [1.165, 1.54) is 154 Å². The summed E-state index contributed by atoms with van der Waals surface area (Å²) in [6, 6.07) is 0. The molecule has 0 spiro atoms. The minimum absolute atomic E-state index is 0.0256. The van der Waals surface area contributed by atoms with Crippen molar-refractivity contribution in [2.24, 2.45) is 0 Å². The third-order valence-electron chi connectivity index (χ3n) is 16.9. The van der Waals surface area contributed by atoms with Crippen molar-refractivity contribution in [1.82, 2.24) is 0 Å². The van der Waals surface area contributed by atoms with Crippen LogP contribution in [-0.4, -0.2) is 96.7 Å². The highest BCUT2D eigenvalue weighted by atomic mass is 31.2. The molecule has 3 N–H and O–H groups in total. The number of carbonyl (C=O) groups excluding carboxylic acids is 4. The number of hydrogen-bond acceptors (Lipinski definition) is 15. The summed E-state index contributed by atoms with van der Waals surface area (Å²) in [7, 11) is -9.97. The van der Waals surface area contributed by atoms with Crippen molar-refractivity contribution in [3.8, 4) is 0 Å². The molecule has 0 radical (unpaired) electrons. The molecule has 0 saturated heterocycles. The van der Waals surface area contributed by atoms with Gasteiger partial charge in [0, 0.05) is 25.7 Å². The summed E-state index contributed by atoms with van der Waals surface area (Å²) in [6.07, 6.45) is 75.8. The molecule has 0 aromatic rings. The summed E-state index contributed by atoms with van der Waals surface area (Å²) in [5.41, 5.74) is 0. The third kappa shape index (κ3) is 72.6. The molecule has 0 rings (SSSR count). The fourth-order valence-corrected chi connectivity index (χ4v) is 12.3. The summed E-state index contributed by atoms with van der Waals surface area (Å²) in [6.45, 7) is 4.77. The second-order valence-electron chi connectivity index (χ2n) is 26.7. The SMILES string of the molecule is CCCCC/C=C\C/C=C\C/C=C\C/C=C\C/C=C\CCC(=O)O[C@H](COC(=O)CCCCCCCCCCCCCCC)COP(=O)(O)OC[C@@H](O)COP(=O)(O)OC[C@@H](COC(=O)CCCCCCCCCCCCCCC)OC(=O)CCCCCCC/C=C\C/C=C\CCCCC. The lowest BCUT2D eigenvalue weighted by Crippen LogP contribution is -2.30. The lowest BCUT2D eigenvalue weighted by Gasteiger charge is -2.21. The number of hydrogen-bond donors (Lipinski definition) is 3. The molecule has 0 aromatic carbocycles. The maximum absolute atomic E-state index is 13.1. The van der Waals surface area contributed by atoms with Gasteiger partial charge in [-0.25, -0.2) is 9.13 Å². The van der Waals surface area contributed by atoms with Gasteiger partial charge in [0.25, 0.3) is 0 Å². The molecular weight excluding hydrogens is 1310 g/mol. The van der Waals surface area contributed by atoms with Gasteiger partial charge >= 0.3 is 39.5 Å². The molecule has 2 unspecified atom stereocenters. The standard InChI is InChI=1S/C81H144O17P2/c1-5-9-13-17-21-25-29-33-35-36-37-38-40-44-48-52-56-60-64-68-81(86)98-77(72-92-79(84)66-62-58-54-50-46-42-32-28-24-20-16-12-8-4)74-96-100(89,90)94-70-75(82)69-93-99(87,88)95-73-76(71-91-78(83)65-61-57-53-49-45-41-31-27-23-19-15-11-7-3)97-80(85)67-63-59-55-51-47-43-39-34-30-26-22-18-14-10-6-2/h21-22,25-26,33-35,37-39,44,48,56,60,75-77,82H,5-20,23-24,27-32,36,40-43,45-47,49-55,57-59,61-74H2,1-4H3,(H,87,88)(H,89,90)/b25-21-,26-22-,35-33-,38-37-,39-34-,48-44-,60-56-/t75-,76+,77+/m0/s1. The maximum Gasteiger partial charge on any atom is 0.472 e. The number of phosphoric acid groups is 2. The van der Waals surface area contributed by atoms with Crippen molar-refractivity contribution in [1.29, 1.82) is 0 Å². The molecule has 0 bridgehead atoms. The Morgan fingerprint density at radius 1 is 0.280 bits per heavy atom. The van der Waals surface area contributed by atoms with Crippen LogP contribution in [0.1, 0.15) is 349 Å². The molecule has 0 aromatic heterocycles. The molecule has 5 atom stereocenters. The second kappa shape index (κ2) is 73.5. The summed E-state index contributed by atoms with van der Waals surface area (Å²) in [4.78, 5) is 72.9. The van der Waals surface area contributed by atoms with Gasteiger partial charge in [-0.2, -0.15) is 0 Å². The Kier molecular flexibility index (Phi) is 70.8. The van der Waals surface area contributed by atoms with Crippen molar-refractivity contribution in [3.05, 3.63) is 85.1 Å². The van der Waals surface area contributed by atoms with E-state index in [1.807, 2.05) is 18.2 Å². The quantitative estimate of drug-likeness (QED) is 0.0169. The Balaban J connectivity index is 5.40. The number of unbranched alkanes of at least 4 members (excludes halogenated alkanes) is 35. The first kappa shape index (κ1) is 96.2. The van der Waals surface area contributed by atoms with Crippen molar-refractivity contribution in [2.75, 3.05) is 39.6 Å². The van der Waals surface area contributed by atoms with Crippen LogP contribution in [0.4, 0.5) is 0 Å².